The quantitative estimate of drug-likeness (QED) is 0.215. The third-order valence-corrected chi connectivity index (χ3v) is 9.91. The maximum atomic E-state index is 12.1. The number of nitriles is 2. The summed E-state index contributed by atoms with van der Waals surface area (Å²) < 4.78 is 22.9. The molecule has 0 spiro atoms. The number of halogens is 3. The molecule has 0 N–H and O–H groups in total. The van der Waals surface area contributed by atoms with Crippen LogP contribution in [0.3, 0.4) is 0 Å². The number of aromatic nitrogens is 2. The summed E-state index contributed by atoms with van der Waals surface area (Å²) in [6.07, 6.45) is 8.62. The minimum Gasteiger partial charge on any atom is -0.444 e. The van der Waals surface area contributed by atoms with E-state index in [1.165, 1.54) is 6.20 Å². The van der Waals surface area contributed by atoms with Crippen molar-refractivity contribution < 1.29 is 28.4 Å². The van der Waals surface area contributed by atoms with Crippen molar-refractivity contribution in [2.75, 3.05) is 26.2 Å². The van der Waals surface area contributed by atoms with Gasteiger partial charge >= 0.3 is 19.3 Å². The van der Waals surface area contributed by atoms with Crippen molar-refractivity contribution in [3.63, 3.8) is 0 Å². The van der Waals surface area contributed by atoms with Crippen LogP contribution in [0.5, 0.6) is 0 Å². The molecule has 0 unspecified atom stereocenters. The van der Waals surface area contributed by atoms with Crippen LogP contribution < -0.4 is 0 Å². The van der Waals surface area contributed by atoms with E-state index in [0.29, 0.717) is 55.5 Å². The van der Waals surface area contributed by atoms with Gasteiger partial charge in [0.2, 0.25) is 0 Å². The fourth-order valence-corrected chi connectivity index (χ4v) is 5.92. The van der Waals surface area contributed by atoms with Gasteiger partial charge in [-0.3, -0.25) is 4.98 Å². The van der Waals surface area contributed by atoms with Crippen LogP contribution >= 0.6 is 34.8 Å². The number of hydrogen-bond acceptors (Lipinski definition) is 10. The fourth-order valence-electron chi connectivity index (χ4n) is 5.31. The molecule has 2 amide bonds. The zero-order chi connectivity index (χ0) is 42.1. The molecule has 0 radical (unpaired) electrons. The van der Waals surface area contributed by atoms with Crippen molar-refractivity contribution >= 4 is 59.7 Å². The lowest BCUT2D eigenvalue weighted by molar-refractivity contribution is 0.00578. The Morgan fingerprint density at radius 3 is 1.64 bits per heavy atom. The number of carbonyl (C=O) groups excluding carboxylic acids is 2. The van der Waals surface area contributed by atoms with Crippen LogP contribution in [0.4, 0.5) is 9.59 Å². The first-order valence-corrected chi connectivity index (χ1v) is 19.5. The fraction of sp³-hybridized carbons (Fsp3) is 0.550. The van der Waals surface area contributed by atoms with Crippen LogP contribution in [0.2, 0.25) is 15.2 Å². The number of hydrogen-bond donors (Lipinski definition) is 0. The van der Waals surface area contributed by atoms with Gasteiger partial charge in [-0.2, -0.15) is 10.5 Å². The Morgan fingerprint density at radius 1 is 0.786 bits per heavy atom. The van der Waals surface area contributed by atoms with Crippen molar-refractivity contribution in [2.45, 2.75) is 117 Å². The van der Waals surface area contributed by atoms with E-state index in [0.717, 1.165) is 34.3 Å². The second-order valence-corrected chi connectivity index (χ2v) is 17.6. The molecule has 5 rings (SSSR count). The Bertz CT molecular complexity index is 1860. The topological polar surface area (TPSA) is 151 Å². The third-order valence-electron chi connectivity index (χ3n) is 8.93. The lowest BCUT2D eigenvalue weighted by atomic mass is 9.75. The van der Waals surface area contributed by atoms with Crippen molar-refractivity contribution in [3.8, 4) is 12.1 Å². The normalized spacial score (nSPS) is 17.4. The third kappa shape index (κ3) is 14.0. The second-order valence-electron chi connectivity index (χ2n) is 16.4. The van der Waals surface area contributed by atoms with Gasteiger partial charge in [-0.1, -0.05) is 47.0 Å². The molecule has 2 aromatic heterocycles. The average molecular weight is 830 g/mol. The Morgan fingerprint density at radius 2 is 1.25 bits per heavy atom. The molecular formula is C40H52BCl3N6O6. The lowest BCUT2D eigenvalue weighted by Crippen LogP contribution is -2.41. The van der Waals surface area contributed by atoms with E-state index in [-0.39, 0.29) is 35.7 Å². The number of pyridine rings is 2. The summed E-state index contributed by atoms with van der Waals surface area (Å²) in [6, 6.07) is 7.48. The highest BCUT2D eigenvalue weighted by Crippen LogP contribution is 2.39. The van der Waals surface area contributed by atoms with Crippen molar-refractivity contribution in [2.24, 2.45) is 0 Å². The van der Waals surface area contributed by atoms with Crippen LogP contribution in [0.15, 0.2) is 42.2 Å². The van der Waals surface area contributed by atoms with Gasteiger partial charge < -0.3 is 28.6 Å². The molecule has 0 bridgehead atoms. The largest absolute Gasteiger partial charge is 0.490 e. The zero-order valence-corrected chi connectivity index (χ0v) is 36.2. The molecule has 0 saturated carbocycles. The number of ether oxygens (including phenoxy) is 2. The van der Waals surface area contributed by atoms with E-state index >= 15 is 0 Å². The minimum absolute atomic E-state index is 0.267. The summed E-state index contributed by atoms with van der Waals surface area (Å²) in [5.41, 5.74) is 2.79. The van der Waals surface area contributed by atoms with Crippen molar-refractivity contribution in [1.82, 2.24) is 19.8 Å². The van der Waals surface area contributed by atoms with Gasteiger partial charge in [-0.05, 0) is 116 Å². The van der Waals surface area contributed by atoms with E-state index in [2.05, 4.69) is 16.0 Å². The Balaban J connectivity index is 0.000000239. The number of amides is 2. The summed E-state index contributed by atoms with van der Waals surface area (Å²) in [5.74, 6) is 0. The molecule has 0 atom stereocenters. The van der Waals surface area contributed by atoms with E-state index in [1.807, 2.05) is 87.5 Å². The molecule has 0 aromatic carbocycles. The number of nitrogens with zero attached hydrogens (tertiary/aromatic N) is 6. The minimum atomic E-state index is -0.498. The molecule has 1 saturated heterocycles. The molecule has 5 heterocycles. The predicted molar refractivity (Wildman–Crippen MR) is 219 cm³/mol. The van der Waals surface area contributed by atoms with Gasteiger partial charge in [0.15, 0.2) is 0 Å². The van der Waals surface area contributed by atoms with Crippen molar-refractivity contribution in [3.05, 3.63) is 74.2 Å². The molecule has 3 aliphatic rings. The maximum Gasteiger partial charge on any atom is 0.490 e. The van der Waals surface area contributed by atoms with Gasteiger partial charge in [0.05, 0.1) is 51.9 Å². The van der Waals surface area contributed by atoms with Gasteiger partial charge in [-0.15, -0.1) is 0 Å². The first kappa shape index (κ1) is 46.5. The summed E-state index contributed by atoms with van der Waals surface area (Å²) in [7, 11) is -0.314. The van der Waals surface area contributed by atoms with E-state index in [1.54, 1.807) is 28.1 Å². The molecule has 56 heavy (non-hydrogen) atoms. The Labute approximate surface area is 346 Å². The Hall–Kier alpha value is -3.85. The van der Waals surface area contributed by atoms with Crippen LogP contribution in [0.25, 0.3) is 5.57 Å². The number of carbonyl (C=O) groups is 2. The molecule has 302 valence electrons. The smallest absolute Gasteiger partial charge is 0.444 e. The van der Waals surface area contributed by atoms with Gasteiger partial charge in [-0.25, -0.2) is 14.6 Å². The number of rotatable bonds is 4. The van der Waals surface area contributed by atoms with Crippen LogP contribution in [0.1, 0.15) is 98.9 Å². The van der Waals surface area contributed by atoms with Gasteiger partial charge in [0.25, 0.3) is 0 Å². The monoisotopic (exact) mass is 828 g/mol. The second kappa shape index (κ2) is 19.5. The summed E-state index contributed by atoms with van der Waals surface area (Å²) >= 11 is 17.5. The van der Waals surface area contributed by atoms with Gasteiger partial charge in [0, 0.05) is 38.6 Å². The first-order chi connectivity index (χ1) is 25.9. The van der Waals surface area contributed by atoms with Crippen LogP contribution in [-0.2, 0) is 31.6 Å². The molecule has 0 aliphatic carbocycles. The molecular weight excluding hydrogens is 778 g/mol. The highest BCUT2D eigenvalue weighted by atomic mass is 35.5. The van der Waals surface area contributed by atoms with Crippen molar-refractivity contribution in [1.29, 1.82) is 10.5 Å². The molecule has 3 aliphatic heterocycles. The summed E-state index contributed by atoms with van der Waals surface area (Å²) in [4.78, 5) is 35.6. The molecule has 12 nitrogen and oxygen atoms in total. The molecule has 1 fully saturated rings. The SMILES string of the molecule is CC(C)(C)OC(=O)N1CC=C(B2OC(C)(C)C(C)(C)O2)CC1.CC(C)(C)OC(=O)N1CC=C(c2ncc(CC#N)cc2Cl)CC1.N#CCc1cnc(Cl)c(Cl)c1. The van der Waals surface area contributed by atoms with E-state index in [9.17, 15) is 9.59 Å². The average Bonchev–Trinajstić information content (AvgIpc) is 3.32. The van der Waals surface area contributed by atoms with Gasteiger partial charge in [0.1, 0.15) is 16.4 Å². The zero-order valence-electron chi connectivity index (χ0n) is 34.0. The van der Waals surface area contributed by atoms with Crippen LogP contribution in [-0.4, -0.2) is 87.7 Å². The highest BCUT2D eigenvalue weighted by molar-refractivity contribution is 6.54. The summed E-state index contributed by atoms with van der Waals surface area (Å²) in [5, 5.41) is 18.2. The van der Waals surface area contributed by atoms with E-state index < -0.39 is 11.2 Å². The Kier molecular flexibility index (Phi) is 16.2. The lowest BCUT2D eigenvalue weighted by Gasteiger charge is -2.32. The van der Waals surface area contributed by atoms with Crippen LogP contribution in [0, 0.1) is 22.7 Å². The molecule has 2 aromatic rings. The molecule has 16 heteroatoms. The summed E-state index contributed by atoms with van der Waals surface area (Å²) in [6.45, 7) is 21.6. The highest BCUT2D eigenvalue weighted by Gasteiger charge is 2.52. The van der Waals surface area contributed by atoms with E-state index in [4.69, 9.17) is 64.1 Å². The maximum absolute atomic E-state index is 12.1. The predicted octanol–water partition coefficient (Wildman–Crippen LogP) is 9.46. The standard InChI is InChI=1S/C17H20ClN3O2.C16H28BNO4.C7H4Cl2N2/c1-17(2,3)23-16(22)21-8-5-13(6-9-21)15-14(18)10-12(4-7-19)11-20-15;1-14(2,3)20-13(19)18-10-8-12(9-11-18)17-21-15(4,5)16(6,7)22-17;8-6-3-5(1-2-10)4-11-7(6)9/h5,10-11H,4,6,8-9H2,1-3H3;8H,9-11H2,1-7H3;3-4H,1H2. The first-order valence-electron chi connectivity index (χ1n) is 18.3.